The second kappa shape index (κ2) is 2.70. The van der Waals surface area contributed by atoms with Gasteiger partial charge in [-0.15, -0.1) is 0 Å². The number of piperidine rings is 1. The number of carbonyl (C=O) groups is 2. The Balaban J connectivity index is 1.87. The number of carbonyl (C=O) groups excluding carboxylic acids is 2. The number of rotatable bonds is 0. The van der Waals surface area contributed by atoms with Gasteiger partial charge in [0.1, 0.15) is 5.41 Å². The van der Waals surface area contributed by atoms with Crippen molar-refractivity contribution in [1.82, 2.24) is 5.32 Å². The van der Waals surface area contributed by atoms with Crippen molar-refractivity contribution in [2.75, 3.05) is 19.7 Å². The zero-order chi connectivity index (χ0) is 10.5. The zero-order valence-corrected chi connectivity index (χ0v) is 8.08. The van der Waals surface area contributed by atoms with Gasteiger partial charge in [0.2, 0.25) is 0 Å². The Morgan fingerprint density at radius 3 is 2.40 bits per heavy atom. The molecule has 3 aliphatic heterocycles. The molecule has 3 rings (SSSR count). The maximum absolute atomic E-state index is 11.0. The van der Waals surface area contributed by atoms with E-state index in [4.69, 9.17) is 14.2 Å². The van der Waals surface area contributed by atoms with E-state index >= 15 is 0 Å². The van der Waals surface area contributed by atoms with Crippen LogP contribution in [0.25, 0.3) is 0 Å². The van der Waals surface area contributed by atoms with Gasteiger partial charge in [-0.25, -0.2) is 9.59 Å². The number of nitrogens with one attached hydrogen (secondary N) is 1. The second-order valence-corrected chi connectivity index (χ2v) is 4.18. The molecule has 15 heavy (non-hydrogen) atoms. The van der Waals surface area contributed by atoms with Gasteiger partial charge < -0.3 is 19.5 Å². The Labute approximate surface area is 85.9 Å². The third-order valence-electron chi connectivity index (χ3n) is 3.28. The summed E-state index contributed by atoms with van der Waals surface area (Å²) in [6, 6.07) is 0. The standard InChI is InChI=1S/C9H11NO5/c11-6-7(12)15-9(14-6)8(5-13-9)2-1-3-10-4-8/h10H,1-5H2. The first-order valence-electron chi connectivity index (χ1n) is 4.99. The fourth-order valence-electron chi connectivity index (χ4n) is 2.37. The minimum Gasteiger partial charge on any atom is -0.389 e. The molecule has 3 saturated heterocycles. The number of hydrogen-bond donors (Lipinski definition) is 1. The molecule has 1 N–H and O–H groups in total. The van der Waals surface area contributed by atoms with Gasteiger partial charge in [0, 0.05) is 6.54 Å². The van der Waals surface area contributed by atoms with E-state index in [1.807, 2.05) is 0 Å². The van der Waals surface area contributed by atoms with Gasteiger partial charge >= 0.3 is 17.9 Å². The minimum absolute atomic E-state index is 0.382. The van der Waals surface area contributed by atoms with Crippen LogP contribution in [0.3, 0.4) is 0 Å². The Morgan fingerprint density at radius 1 is 1.20 bits per heavy atom. The maximum Gasteiger partial charge on any atom is 0.422 e. The highest BCUT2D eigenvalue weighted by Crippen LogP contribution is 2.52. The monoisotopic (exact) mass is 213 g/mol. The first-order valence-corrected chi connectivity index (χ1v) is 4.99. The van der Waals surface area contributed by atoms with Gasteiger partial charge in [-0.05, 0) is 19.4 Å². The van der Waals surface area contributed by atoms with Gasteiger partial charge in [0.05, 0.1) is 6.61 Å². The fourth-order valence-corrected chi connectivity index (χ4v) is 2.37. The van der Waals surface area contributed by atoms with Crippen molar-refractivity contribution in [2.24, 2.45) is 5.41 Å². The SMILES string of the molecule is O=C1OC2(OCC23CCCNC3)OC1=O. The molecule has 3 aliphatic rings. The zero-order valence-electron chi connectivity index (χ0n) is 8.08. The van der Waals surface area contributed by atoms with Crippen molar-refractivity contribution in [1.29, 1.82) is 0 Å². The van der Waals surface area contributed by atoms with E-state index in [2.05, 4.69) is 5.32 Å². The van der Waals surface area contributed by atoms with E-state index < -0.39 is 17.9 Å². The summed E-state index contributed by atoms with van der Waals surface area (Å²) < 4.78 is 15.0. The minimum atomic E-state index is -1.44. The van der Waals surface area contributed by atoms with E-state index in [0.29, 0.717) is 13.2 Å². The molecule has 6 nitrogen and oxygen atoms in total. The lowest BCUT2D eigenvalue weighted by Crippen LogP contribution is -2.69. The lowest BCUT2D eigenvalue weighted by Gasteiger charge is -2.53. The molecule has 3 fully saturated rings. The summed E-state index contributed by atoms with van der Waals surface area (Å²) in [4.78, 5) is 22.0. The molecule has 1 unspecified atom stereocenters. The summed E-state index contributed by atoms with van der Waals surface area (Å²) in [5, 5.41) is 3.20. The van der Waals surface area contributed by atoms with Crippen LogP contribution in [0.15, 0.2) is 0 Å². The smallest absolute Gasteiger partial charge is 0.389 e. The first kappa shape index (κ1) is 9.11. The van der Waals surface area contributed by atoms with Crippen LogP contribution in [0.4, 0.5) is 0 Å². The Kier molecular flexibility index (Phi) is 1.64. The van der Waals surface area contributed by atoms with Crippen LogP contribution in [0.1, 0.15) is 12.8 Å². The summed E-state index contributed by atoms with van der Waals surface area (Å²) >= 11 is 0. The highest BCUT2D eigenvalue weighted by Gasteiger charge is 2.71. The average molecular weight is 213 g/mol. The molecule has 0 saturated carbocycles. The molecule has 1 atom stereocenters. The van der Waals surface area contributed by atoms with Gasteiger partial charge in [-0.3, -0.25) is 0 Å². The van der Waals surface area contributed by atoms with Crippen molar-refractivity contribution < 1.29 is 23.8 Å². The van der Waals surface area contributed by atoms with Crippen molar-refractivity contribution in [3.8, 4) is 0 Å². The van der Waals surface area contributed by atoms with Crippen LogP contribution in [0.2, 0.25) is 0 Å². The van der Waals surface area contributed by atoms with E-state index in [9.17, 15) is 9.59 Å². The van der Waals surface area contributed by atoms with Crippen LogP contribution < -0.4 is 5.32 Å². The molecule has 6 heteroatoms. The highest BCUT2D eigenvalue weighted by atomic mass is 16.9. The van der Waals surface area contributed by atoms with E-state index in [-0.39, 0.29) is 5.41 Å². The molecule has 82 valence electrons. The van der Waals surface area contributed by atoms with Crippen LogP contribution in [-0.4, -0.2) is 37.6 Å². The Bertz CT molecular complexity index is 317. The summed E-state index contributed by atoms with van der Waals surface area (Å²) in [5.41, 5.74) is -0.382. The molecule has 0 aromatic carbocycles. The van der Waals surface area contributed by atoms with Crippen molar-refractivity contribution in [3.05, 3.63) is 0 Å². The molecule has 0 aromatic heterocycles. The van der Waals surface area contributed by atoms with Crippen molar-refractivity contribution in [3.63, 3.8) is 0 Å². The molecular weight excluding hydrogens is 202 g/mol. The summed E-state index contributed by atoms with van der Waals surface area (Å²) in [7, 11) is 0. The summed E-state index contributed by atoms with van der Waals surface area (Å²) in [6.07, 6.45) is 1.79. The third-order valence-corrected chi connectivity index (χ3v) is 3.28. The van der Waals surface area contributed by atoms with Gasteiger partial charge in [-0.1, -0.05) is 0 Å². The van der Waals surface area contributed by atoms with E-state index in [1.54, 1.807) is 0 Å². The third kappa shape index (κ3) is 1.00. The highest BCUT2D eigenvalue weighted by molar-refractivity contribution is 6.31. The number of esters is 2. The predicted octanol–water partition coefficient (Wildman–Crippen LogP) is -0.860. The fraction of sp³-hybridized carbons (Fsp3) is 0.778. The van der Waals surface area contributed by atoms with Crippen LogP contribution in [0, 0.1) is 5.41 Å². The molecule has 0 bridgehead atoms. The molecular formula is C9H11NO5. The summed E-state index contributed by atoms with van der Waals surface area (Å²) in [5.74, 6) is -3.35. The quantitative estimate of drug-likeness (QED) is 0.417. The topological polar surface area (TPSA) is 73.9 Å². The Morgan fingerprint density at radius 2 is 1.93 bits per heavy atom. The summed E-state index contributed by atoms with van der Waals surface area (Å²) in [6.45, 7) is 2.04. The molecule has 0 radical (unpaired) electrons. The second-order valence-electron chi connectivity index (χ2n) is 4.18. The molecule has 0 amide bonds. The van der Waals surface area contributed by atoms with Crippen LogP contribution >= 0.6 is 0 Å². The maximum atomic E-state index is 11.0. The predicted molar refractivity (Wildman–Crippen MR) is 45.4 cm³/mol. The van der Waals surface area contributed by atoms with Gasteiger partial charge in [0.25, 0.3) is 0 Å². The number of fused-ring (bicyclic) bond motifs is 1. The largest absolute Gasteiger partial charge is 0.422 e. The molecule has 0 aliphatic carbocycles. The number of ether oxygens (including phenoxy) is 3. The van der Waals surface area contributed by atoms with Gasteiger partial charge in [-0.2, -0.15) is 0 Å². The molecule has 0 aromatic rings. The normalized spacial score (nSPS) is 37.6. The van der Waals surface area contributed by atoms with E-state index in [1.165, 1.54) is 0 Å². The van der Waals surface area contributed by atoms with E-state index in [0.717, 1.165) is 19.4 Å². The lowest BCUT2D eigenvalue weighted by molar-refractivity contribution is -0.456. The van der Waals surface area contributed by atoms with Gasteiger partial charge in [0.15, 0.2) is 0 Å². The van der Waals surface area contributed by atoms with Crippen LogP contribution in [0.5, 0.6) is 0 Å². The Hall–Kier alpha value is -1.14. The number of hydrogen-bond acceptors (Lipinski definition) is 6. The lowest BCUT2D eigenvalue weighted by atomic mass is 9.75. The van der Waals surface area contributed by atoms with Crippen molar-refractivity contribution in [2.45, 2.75) is 18.8 Å². The first-order chi connectivity index (χ1) is 7.18. The van der Waals surface area contributed by atoms with Crippen molar-refractivity contribution >= 4 is 11.9 Å². The van der Waals surface area contributed by atoms with Crippen LogP contribution in [-0.2, 0) is 23.8 Å². The molecule has 3 heterocycles. The average Bonchev–Trinajstić information content (AvgIpc) is 2.58. The molecule has 2 spiro atoms.